The first-order chi connectivity index (χ1) is 8.83. The lowest BCUT2D eigenvalue weighted by Gasteiger charge is -2.02. The zero-order valence-corrected chi connectivity index (χ0v) is 10.9. The van der Waals surface area contributed by atoms with Gasteiger partial charge in [0, 0.05) is 22.4 Å². The van der Waals surface area contributed by atoms with E-state index in [2.05, 4.69) is 9.59 Å². The zero-order valence-electron chi connectivity index (χ0n) is 9.31. The minimum atomic E-state index is 0.0489. The molecule has 0 spiro atoms. The van der Waals surface area contributed by atoms with E-state index < -0.39 is 0 Å². The molecule has 0 aliphatic carbocycles. The molecule has 0 aliphatic heterocycles. The van der Waals surface area contributed by atoms with Crippen molar-refractivity contribution in [2.45, 2.75) is 6.54 Å². The Morgan fingerprint density at radius 2 is 2.00 bits per heavy atom. The molecular weight excluding hydrogens is 266 g/mol. The van der Waals surface area contributed by atoms with Gasteiger partial charge in [-0.25, -0.2) is 0 Å². The van der Waals surface area contributed by atoms with E-state index in [1.54, 1.807) is 15.4 Å². The molecule has 0 fully saturated rings. The van der Waals surface area contributed by atoms with Crippen LogP contribution in [0.2, 0.25) is 0 Å². The highest BCUT2D eigenvalue weighted by Gasteiger charge is 2.02. The molecule has 0 bridgehead atoms. The summed E-state index contributed by atoms with van der Waals surface area (Å²) in [7, 11) is 0. The first kappa shape index (κ1) is 11.3. The zero-order chi connectivity index (χ0) is 12.4. The molecule has 3 aromatic rings. The SMILES string of the molecule is O=c1ccsn1Cc1ccc(-c2csnn2)cc1. The van der Waals surface area contributed by atoms with Crippen LogP contribution in [-0.2, 0) is 6.54 Å². The normalized spacial score (nSPS) is 10.7. The third-order valence-electron chi connectivity index (χ3n) is 2.58. The summed E-state index contributed by atoms with van der Waals surface area (Å²) in [5, 5.41) is 7.74. The van der Waals surface area contributed by atoms with E-state index in [1.807, 2.05) is 29.6 Å². The largest absolute Gasteiger partial charge is 0.268 e. The molecular formula is C12H9N3OS2. The predicted octanol–water partition coefficient (Wildman–Crippen LogP) is 2.48. The molecule has 0 atom stereocenters. The highest BCUT2D eigenvalue weighted by Crippen LogP contribution is 2.18. The predicted molar refractivity (Wildman–Crippen MR) is 73.0 cm³/mol. The number of hydrogen-bond donors (Lipinski definition) is 0. The lowest BCUT2D eigenvalue weighted by Crippen LogP contribution is -2.12. The van der Waals surface area contributed by atoms with Crippen LogP contribution in [-0.4, -0.2) is 13.5 Å². The fourth-order valence-corrected chi connectivity index (χ4v) is 2.83. The highest BCUT2D eigenvalue weighted by atomic mass is 32.1. The van der Waals surface area contributed by atoms with E-state index in [-0.39, 0.29) is 5.56 Å². The van der Waals surface area contributed by atoms with Crippen molar-refractivity contribution in [2.24, 2.45) is 0 Å². The van der Waals surface area contributed by atoms with Crippen LogP contribution in [0.25, 0.3) is 11.3 Å². The summed E-state index contributed by atoms with van der Waals surface area (Å²) in [4.78, 5) is 11.4. The van der Waals surface area contributed by atoms with Gasteiger partial charge in [-0.2, -0.15) is 0 Å². The van der Waals surface area contributed by atoms with Gasteiger partial charge in [-0.05, 0) is 17.1 Å². The van der Waals surface area contributed by atoms with Gasteiger partial charge in [0.15, 0.2) is 0 Å². The van der Waals surface area contributed by atoms with Crippen LogP contribution in [0.3, 0.4) is 0 Å². The van der Waals surface area contributed by atoms with E-state index >= 15 is 0 Å². The van der Waals surface area contributed by atoms with Crippen LogP contribution in [0, 0.1) is 0 Å². The van der Waals surface area contributed by atoms with Crippen molar-refractivity contribution in [3.05, 3.63) is 57.0 Å². The third-order valence-corrected chi connectivity index (χ3v) is 3.91. The maximum absolute atomic E-state index is 11.4. The fourth-order valence-electron chi connectivity index (χ4n) is 1.65. The van der Waals surface area contributed by atoms with Crippen molar-refractivity contribution in [3.8, 4) is 11.3 Å². The van der Waals surface area contributed by atoms with Crippen LogP contribution in [0.4, 0.5) is 0 Å². The monoisotopic (exact) mass is 275 g/mol. The number of nitrogens with zero attached hydrogens (tertiary/aromatic N) is 3. The van der Waals surface area contributed by atoms with Crippen molar-refractivity contribution in [1.29, 1.82) is 0 Å². The second-order valence-corrected chi connectivity index (χ2v) is 5.30. The molecule has 1 aromatic carbocycles. The van der Waals surface area contributed by atoms with Crippen LogP contribution >= 0.6 is 23.1 Å². The van der Waals surface area contributed by atoms with E-state index in [0.29, 0.717) is 6.54 Å². The lowest BCUT2D eigenvalue weighted by atomic mass is 10.1. The van der Waals surface area contributed by atoms with Crippen LogP contribution < -0.4 is 5.56 Å². The second kappa shape index (κ2) is 4.83. The van der Waals surface area contributed by atoms with E-state index in [0.717, 1.165) is 16.8 Å². The van der Waals surface area contributed by atoms with Gasteiger partial charge in [0.25, 0.3) is 5.56 Å². The summed E-state index contributed by atoms with van der Waals surface area (Å²) in [6, 6.07) is 9.62. The number of benzene rings is 1. The maximum atomic E-state index is 11.4. The molecule has 0 radical (unpaired) electrons. The van der Waals surface area contributed by atoms with Crippen molar-refractivity contribution in [2.75, 3.05) is 0 Å². The summed E-state index contributed by atoms with van der Waals surface area (Å²) in [5.41, 5.74) is 3.09. The molecule has 3 rings (SSSR count). The average molecular weight is 275 g/mol. The van der Waals surface area contributed by atoms with Crippen molar-refractivity contribution in [1.82, 2.24) is 13.5 Å². The van der Waals surface area contributed by atoms with Gasteiger partial charge in [0.1, 0.15) is 5.69 Å². The minimum Gasteiger partial charge on any atom is -0.268 e. The molecule has 18 heavy (non-hydrogen) atoms. The number of hydrogen-bond acceptors (Lipinski definition) is 5. The van der Waals surface area contributed by atoms with Gasteiger partial charge in [-0.3, -0.25) is 8.75 Å². The van der Waals surface area contributed by atoms with Crippen molar-refractivity contribution >= 4 is 23.1 Å². The summed E-state index contributed by atoms with van der Waals surface area (Å²) in [6.45, 7) is 0.617. The maximum Gasteiger partial charge on any atom is 0.260 e. The summed E-state index contributed by atoms with van der Waals surface area (Å²) < 4.78 is 5.56. The Labute approximate surface area is 111 Å². The minimum absolute atomic E-state index is 0.0489. The lowest BCUT2D eigenvalue weighted by molar-refractivity contribution is 0.849. The Balaban J connectivity index is 1.84. The van der Waals surface area contributed by atoms with Gasteiger partial charge in [0.2, 0.25) is 0 Å². The van der Waals surface area contributed by atoms with Crippen molar-refractivity contribution < 1.29 is 0 Å². The quantitative estimate of drug-likeness (QED) is 0.738. The van der Waals surface area contributed by atoms with Gasteiger partial charge in [-0.15, -0.1) is 5.10 Å². The van der Waals surface area contributed by atoms with E-state index in [1.165, 1.54) is 23.1 Å². The van der Waals surface area contributed by atoms with Crippen molar-refractivity contribution in [3.63, 3.8) is 0 Å². The summed E-state index contributed by atoms with van der Waals surface area (Å²) in [5.74, 6) is 0. The van der Waals surface area contributed by atoms with E-state index in [4.69, 9.17) is 0 Å². The van der Waals surface area contributed by atoms with Gasteiger partial charge in [0.05, 0.1) is 6.54 Å². The molecule has 2 aromatic heterocycles. The summed E-state index contributed by atoms with van der Waals surface area (Å²) in [6.07, 6.45) is 0. The number of rotatable bonds is 3. The topological polar surface area (TPSA) is 47.8 Å². The Hall–Kier alpha value is -1.79. The molecule has 4 nitrogen and oxygen atoms in total. The molecule has 0 N–H and O–H groups in total. The second-order valence-electron chi connectivity index (χ2n) is 3.77. The van der Waals surface area contributed by atoms with Crippen LogP contribution in [0.5, 0.6) is 0 Å². The molecule has 0 amide bonds. The summed E-state index contributed by atoms with van der Waals surface area (Å²) >= 11 is 2.77. The molecule has 90 valence electrons. The molecule has 0 saturated carbocycles. The Morgan fingerprint density at radius 3 is 2.61 bits per heavy atom. The van der Waals surface area contributed by atoms with Gasteiger partial charge in [-0.1, -0.05) is 40.3 Å². The first-order valence-electron chi connectivity index (χ1n) is 5.34. The third kappa shape index (κ3) is 2.25. The molecule has 0 aliphatic rings. The first-order valence-corrected chi connectivity index (χ1v) is 7.01. The molecule has 2 heterocycles. The van der Waals surface area contributed by atoms with Gasteiger partial charge >= 0.3 is 0 Å². The smallest absolute Gasteiger partial charge is 0.260 e. The molecule has 0 unspecified atom stereocenters. The highest BCUT2D eigenvalue weighted by molar-refractivity contribution is 7.04. The molecule has 6 heteroatoms. The Morgan fingerprint density at radius 1 is 1.17 bits per heavy atom. The van der Waals surface area contributed by atoms with Gasteiger partial charge < -0.3 is 0 Å². The standard InChI is InChI=1S/C12H9N3OS2/c16-12-5-6-18-15(12)7-9-1-3-10(4-2-9)11-8-17-14-13-11/h1-6,8H,7H2. The average Bonchev–Trinajstić information content (AvgIpc) is 3.03. The fraction of sp³-hybridized carbons (Fsp3) is 0.0833. The van der Waals surface area contributed by atoms with Crippen LogP contribution in [0.1, 0.15) is 5.56 Å². The Bertz CT molecular complexity index is 683. The Kier molecular flexibility index (Phi) is 3.04. The molecule has 0 saturated heterocycles. The van der Waals surface area contributed by atoms with Crippen LogP contribution in [0.15, 0.2) is 45.9 Å². The number of aromatic nitrogens is 3. The van der Waals surface area contributed by atoms with E-state index in [9.17, 15) is 4.79 Å².